The summed E-state index contributed by atoms with van der Waals surface area (Å²) in [6.45, 7) is 37.3. The highest BCUT2D eigenvalue weighted by atomic mass is 28.4. The monoisotopic (exact) mass is 881 g/mol. The normalized spacial score (nSPS) is 34.7. The third-order valence-electron chi connectivity index (χ3n) is 14.4. The van der Waals surface area contributed by atoms with Crippen molar-refractivity contribution in [3.63, 3.8) is 0 Å². The molecule has 0 aromatic rings. The van der Waals surface area contributed by atoms with Crippen molar-refractivity contribution in [1.29, 1.82) is 0 Å². The van der Waals surface area contributed by atoms with Crippen LogP contribution in [0.15, 0.2) is 23.8 Å². The minimum Gasteiger partial charge on any atom is -0.463 e. The lowest BCUT2D eigenvalue weighted by molar-refractivity contribution is -0.169. The van der Waals surface area contributed by atoms with E-state index in [1.165, 1.54) is 7.11 Å². The molecule has 1 saturated heterocycles. The van der Waals surface area contributed by atoms with Crippen LogP contribution in [0.1, 0.15) is 124 Å². The molecule has 60 heavy (non-hydrogen) atoms. The molecule has 346 valence electrons. The Morgan fingerprint density at radius 2 is 1.42 bits per heavy atom. The van der Waals surface area contributed by atoms with Crippen LogP contribution in [-0.4, -0.2) is 106 Å². The molecule has 0 aliphatic carbocycles. The summed E-state index contributed by atoms with van der Waals surface area (Å²) in [5.74, 6) is -6.63. The van der Waals surface area contributed by atoms with Crippen LogP contribution in [0.25, 0.3) is 0 Å². The summed E-state index contributed by atoms with van der Waals surface area (Å²) in [6.07, 6.45) is -0.934. The zero-order chi connectivity index (χ0) is 46.6. The summed E-state index contributed by atoms with van der Waals surface area (Å²) in [7, 11) is -3.88. The minimum absolute atomic E-state index is 0.0789. The molecule has 0 amide bonds. The number of aliphatic hydroxyl groups excluding tert-OH is 2. The van der Waals surface area contributed by atoms with Crippen LogP contribution in [0.3, 0.4) is 0 Å². The largest absolute Gasteiger partial charge is 0.463 e. The standard InChI is InChI=1S/C47H84O11Si2/c1-21-22-29(8)44-47(17,56-44)43(52)35-25-55-45(53)40(51)42(54-18)34(13)38(49)33(12)41(58-60(26(2)3,27(4)5)28(6)7)31(10)23-30(9)36(48)24-37(32(11)39(35)50)57-59(19,20)46(14,15)16/h21-23,26-30,32-35,37,40-44,51-52H,24-25H2,1-20H3/b22-21-,31-23+/t29-,30-,32+,33-,34+,35-,37-,40+,41?,42?,43-,44+,47+/m0/s1. The quantitative estimate of drug-likeness (QED) is 0.0836. The first-order chi connectivity index (χ1) is 27.4. The summed E-state index contributed by atoms with van der Waals surface area (Å²) in [6, 6.07) is 0. The van der Waals surface area contributed by atoms with Gasteiger partial charge in [0.15, 0.2) is 14.4 Å². The van der Waals surface area contributed by atoms with Crippen molar-refractivity contribution in [1.82, 2.24) is 0 Å². The van der Waals surface area contributed by atoms with Crippen LogP contribution in [0.4, 0.5) is 0 Å². The smallest absolute Gasteiger partial charge is 0.337 e. The Labute approximate surface area is 365 Å². The van der Waals surface area contributed by atoms with E-state index in [-0.39, 0.29) is 45.6 Å². The third kappa shape index (κ3) is 11.8. The zero-order valence-electron chi connectivity index (χ0n) is 40.9. The van der Waals surface area contributed by atoms with Crippen molar-refractivity contribution in [2.75, 3.05) is 13.7 Å². The summed E-state index contributed by atoms with van der Waals surface area (Å²) in [4.78, 5) is 57.7. The van der Waals surface area contributed by atoms with E-state index in [1.54, 1.807) is 27.7 Å². The van der Waals surface area contributed by atoms with Gasteiger partial charge in [-0.2, -0.15) is 0 Å². The maximum Gasteiger partial charge on any atom is 0.337 e. The molecule has 2 N–H and O–H groups in total. The maximum atomic E-state index is 14.9. The second-order valence-corrected chi connectivity index (χ2v) is 30.9. The molecule has 2 unspecified atom stereocenters. The van der Waals surface area contributed by atoms with Gasteiger partial charge in [0, 0.05) is 43.1 Å². The third-order valence-corrected chi connectivity index (χ3v) is 25.0. The molecule has 0 bridgehead atoms. The highest BCUT2D eigenvalue weighted by Gasteiger charge is 2.62. The number of Topliss-reactive ketones (excluding diaryl/α,β-unsaturated/α-hetero) is 3. The van der Waals surface area contributed by atoms with Crippen molar-refractivity contribution >= 4 is 40.0 Å². The van der Waals surface area contributed by atoms with Crippen LogP contribution in [0, 0.1) is 35.5 Å². The molecule has 0 aromatic carbocycles. The summed E-state index contributed by atoms with van der Waals surface area (Å²) >= 11 is 0. The van der Waals surface area contributed by atoms with Crippen LogP contribution >= 0.6 is 0 Å². The number of esters is 1. The van der Waals surface area contributed by atoms with Gasteiger partial charge in [-0.25, -0.2) is 4.79 Å². The van der Waals surface area contributed by atoms with Crippen molar-refractivity contribution in [3.05, 3.63) is 23.8 Å². The molecular formula is C47H84O11Si2. The Hall–Kier alpha value is -1.85. The summed E-state index contributed by atoms with van der Waals surface area (Å²) in [5.41, 5.74) is 0.186. The lowest BCUT2D eigenvalue weighted by atomic mass is 9.79. The van der Waals surface area contributed by atoms with Gasteiger partial charge >= 0.3 is 5.97 Å². The number of hydrogen-bond acceptors (Lipinski definition) is 11. The summed E-state index contributed by atoms with van der Waals surface area (Å²) in [5, 5.41) is 23.3. The van der Waals surface area contributed by atoms with Crippen LogP contribution in [0.5, 0.6) is 0 Å². The number of carbonyl (C=O) groups is 4. The fraction of sp³-hybridized carbons (Fsp3) is 0.830. The molecule has 0 radical (unpaired) electrons. The van der Waals surface area contributed by atoms with Gasteiger partial charge < -0.3 is 33.3 Å². The first-order valence-corrected chi connectivity index (χ1v) is 27.4. The number of rotatable bonds is 12. The number of allylic oxidation sites excluding steroid dienone is 2. The van der Waals surface area contributed by atoms with Gasteiger partial charge in [-0.15, -0.1) is 0 Å². The highest BCUT2D eigenvalue weighted by molar-refractivity contribution is 6.77. The molecule has 0 saturated carbocycles. The number of carbonyl (C=O) groups excluding carboxylic acids is 4. The first-order valence-electron chi connectivity index (χ1n) is 22.4. The minimum atomic E-state index is -2.61. The number of cyclic esters (lactones) is 1. The average Bonchev–Trinajstić information content (AvgIpc) is 3.85. The number of hydrogen-bond donors (Lipinski definition) is 2. The zero-order valence-corrected chi connectivity index (χ0v) is 42.9. The molecular weight excluding hydrogens is 797 g/mol. The fourth-order valence-electron chi connectivity index (χ4n) is 9.54. The highest BCUT2D eigenvalue weighted by Crippen LogP contribution is 2.48. The van der Waals surface area contributed by atoms with E-state index in [9.17, 15) is 29.4 Å². The Morgan fingerprint density at radius 3 is 1.88 bits per heavy atom. The molecule has 11 nitrogen and oxygen atoms in total. The van der Waals surface area contributed by atoms with Gasteiger partial charge in [0.1, 0.15) is 35.7 Å². The lowest BCUT2D eigenvalue weighted by Gasteiger charge is -2.46. The van der Waals surface area contributed by atoms with Crippen molar-refractivity contribution < 1.29 is 52.5 Å². The topological polar surface area (TPSA) is 158 Å². The molecule has 2 heterocycles. The average molecular weight is 881 g/mol. The first kappa shape index (κ1) is 54.3. The van der Waals surface area contributed by atoms with Gasteiger partial charge in [0.05, 0.1) is 30.3 Å². The molecule has 0 spiro atoms. The number of aliphatic hydroxyl groups is 2. The molecule has 13 heteroatoms. The van der Waals surface area contributed by atoms with Gasteiger partial charge in [-0.3, -0.25) is 14.4 Å². The van der Waals surface area contributed by atoms with Gasteiger partial charge in [-0.1, -0.05) is 115 Å². The lowest BCUT2D eigenvalue weighted by Crippen LogP contribution is -2.53. The van der Waals surface area contributed by atoms with E-state index in [1.807, 2.05) is 45.9 Å². The predicted octanol–water partition coefficient (Wildman–Crippen LogP) is 8.81. The SMILES string of the molecule is C/C=C\[C@H](C)[C@H]1O[C@]1(C)[C@@H](O)[C@H]1COC(=O)[C@H](O)C(OC)[C@H](C)C(=O)[C@H](C)C(O[Si](C(C)C)(C(C)C)C(C)C)/C(C)=C/[C@H](C)C(=O)C[C@H](O[Si](C)(C)C(C)(C)C)[C@@H](C)C1=O. The number of methoxy groups -OCH3 is 1. The summed E-state index contributed by atoms with van der Waals surface area (Å²) < 4.78 is 31.7. The van der Waals surface area contributed by atoms with E-state index in [0.717, 1.165) is 5.57 Å². The Morgan fingerprint density at radius 1 is 0.883 bits per heavy atom. The molecule has 2 aliphatic heterocycles. The number of ketones is 3. The van der Waals surface area contributed by atoms with Gasteiger partial charge in [-0.05, 0) is 61.1 Å². The van der Waals surface area contributed by atoms with E-state index in [4.69, 9.17) is 23.1 Å². The van der Waals surface area contributed by atoms with E-state index in [0.29, 0.717) is 0 Å². The van der Waals surface area contributed by atoms with Crippen molar-refractivity contribution in [3.8, 4) is 0 Å². The second-order valence-electron chi connectivity index (χ2n) is 20.7. The van der Waals surface area contributed by atoms with Crippen LogP contribution in [0.2, 0.25) is 34.8 Å². The Kier molecular flexibility index (Phi) is 19.2. The van der Waals surface area contributed by atoms with Gasteiger partial charge in [0.2, 0.25) is 8.32 Å². The molecule has 2 rings (SSSR count). The van der Waals surface area contributed by atoms with Crippen molar-refractivity contribution in [2.24, 2.45) is 35.5 Å². The van der Waals surface area contributed by atoms with E-state index >= 15 is 0 Å². The Bertz CT molecular complexity index is 1530. The molecule has 13 atom stereocenters. The van der Waals surface area contributed by atoms with Crippen molar-refractivity contribution in [2.45, 2.75) is 201 Å². The van der Waals surface area contributed by atoms with E-state index in [2.05, 4.69) is 75.4 Å². The van der Waals surface area contributed by atoms with Crippen LogP contribution in [-0.2, 0) is 42.2 Å². The molecule has 0 aromatic heterocycles. The predicted molar refractivity (Wildman–Crippen MR) is 243 cm³/mol. The van der Waals surface area contributed by atoms with Crippen LogP contribution < -0.4 is 0 Å². The number of epoxide rings is 1. The second kappa shape index (κ2) is 21.2. The molecule has 1 fully saturated rings. The Balaban J connectivity index is 2.89. The molecule has 2 aliphatic rings. The van der Waals surface area contributed by atoms with E-state index < -0.39 is 107 Å². The fourth-order valence-corrected chi connectivity index (χ4v) is 16.6. The maximum absolute atomic E-state index is 14.9. The number of ether oxygens (including phenoxy) is 3. The van der Waals surface area contributed by atoms with Gasteiger partial charge in [0.25, 0.3) is 0 Å².